The number of hydrogen-bond donors (Lipinski definition) is 2. The lowest BCUT2D eigenvalue weighted by Gasteiger charge is -2.11. The number of pyridine rings is 1. The monoisotopic (exact) mass is 383 g/mol. The Balaban J connectivity index is 2.32. The largest absolute Gasteiger partial charge is 0.397 e. The highest BCUT2D eigenvalue weighted by Gasteiger charge is 2.13. The van der Waals surface area contributed by atoms with Gasteiger partial charge < -0.3 is 11.1 Å². The van der Waals surface area contributed by atoms with Crippen molar-refractivity contribution in [3.63, 3.8) is 0 Å². The lowest BCUT2D eigenvalue weighted by Crippen LogP contribution is -2.15. The molecule has 0 fully saturated rings. The Morgan fingerprint density at radius 3 is 2.74 bits per heavy atom. The highest BCUT2D eigenvalue weighted by Crippen LogP contribution is 2.32. The maximum absolute atomic E-state index is 12.2. The van der Waals surface area contributed by atoms with E-state index < -0.39 is 0 Å². The number of aryl methyl sites for hydroxylation is 1. The number of halogens is 2. The third-order valence-electron chi connectivity index (χ3n) is 2.58. The number of nitrogens with one attached hydrogen (secondary N) is 1. The first-order valence-electron chi connectivity index (χ1n) is 5.46. The zero-order chi connectivity index (χ0) is 14.0. The first-order chi connectivity index (χ1) is 8.99. The van der Waals surface area contributed by atoms with Gasteiger partial charge in [-0.05, 0) is 47.1 Å². The van der Waals surface area contributed by atoms with Crippen molar-refractivity contribution in [1.82, 2.24) is 4.98 Å². The summed E-state index contributed by atoms with van der Waals surface area (Å²) in [6, 6.07) is 7.00. The van der Waals surface area contributed by atoms with Crippen molar-refractivity contribution < 1.29 is 4.79 Å². The minimum atomic E-state index is -0.236. The minimum absolute atomic E-state index is 0.236. The van der Waals surface area contributed by atoms with Crippen LogP contribution in [0.15, 0.2) is 39.4 Å². The van der Waals surface area contributed by atoms with E-state index in [2.05, 4.69) is 42.2 Å². The molecule has 0 unspecified atom stereocenters. The number of nitrogens with zero attached hydrogens (tertiary/aromatic N) is 1. The van der Waals surface area contributed by atoms with Gasteiger partial charge in [0, 0.05) is 20.8 Å². The van der Waals surface area contributed by atoms with Crippen molar-refractivity contribution in [2.45, 2.75) is 6.92 Å². The Bertz CT molecular complexity index is 621. The molecule has 1 aromatic heterocycles. The van der Waals surface area contributed by atoms with Crippen LogP contribution in [0.4, 0.5) is 11.4 Å². The van der Waals surface area contributed by atoms with Gasteiger partial charge in [0.1, 0.15) is 0 Å². The van der Waals surface area contributed by atoms with Crippen LogP contribution in [0.2, 0.25) is 0 Å². The summed E-state index contributed by atoms with van der Waals surface area (Å²) in [6.45, 7) is 1.79. The van der Waals surface area contributed by atoms with Crippen LogP contribution in [0.25, 0.3) is 0 Å². The Labute approximate surface area is 127 Å². The zero-order valence-corrected chi connectivity index (χ0v) is 13.2. The van der Waals surface area contributed by atoms with Crippen LogP contribution in [0, 0.1) is 6.92 Å². The number of hydrogen-bond acceptors (Lipinski definition) is 3. The summed E-state index contributed by atoms with van der Waals surface area (Å²) in [6.07, 6.45) is 1.65. The van der Waals surface area contributed by atoms with E-state index in [0.717, 1.165) is 4.47 Å². The van der Waals surface area contributed by atoms with Gasteiger partial charge in [0.2, 0.25) is 0 Å². The second-order valence-electron chi connectivity index (χ2n) is 3.94. The Morgan fingerprint density at radius 1 is 1.37 bits per heavy atom. The quantitative estimate of drug-likeness (QED) is 0.774. The molecule has 3 N–H and O–H groups in total. The maximum Gasteiger partial charge on any atom is 0.257 e. The molecule has 4 nitrogen and oxygen atoms in total. The first kappa shape index (κ1) is 14.0. The molecular formula is C13H11Br2N3O. The molecule has 0 radical (unpaired) electrons. The zero-order valence-electron chi connectivity index (χ0n) is 10.1. The molecule has 0 aliphatic rings. The van der Waals surface area contributed by atoms with Crippen LogP contribution in [0.3, 0.4) is 0 Å². The normalized spacial score (nSPS) is 10.3. The molecule has 0 atom stereocenters. The van der Waals surface area contributed by atoms with Crippen molar-refractivity contribution >= 4 is 49.1 Å². The van der Waals surface area contributed by atoms with Crippen LogP contribution in [0.5, 0.6) is 0 Å². The number of carbonyl (C=O) groups excluding carboxylic acids is 1. The number of carbonyl (C=O) groups is 1. The van der Waals surface area contributed by atoms with E-state index in [-0.39, 0.29) is 5.91 Å². The van der Waals surface area contributed by atoms with Crippen molar-refractivity contribution in [3.8, 4) is 0 Å². The smallest absolute Gasteiger partial charge is 0.257 e. The second kappa shape index (κ2) is 5.71. The standard InChI is InChI=1S/C13H11Br2N3O/c1-7-9(3-2-4-17-7)13(19)18-12-10(15)5-8(14)6-11(12)16/h2-6H,16H2,1H3,(H,18,19). The lowest BCUT2D eigenvalue weighted by molar-refractivity contribution is 0.102. The molecule has 0 saturated heterocycles. The fourth-order valence-electron chi connectivity index (χ4n) is 1.63. The predicted octanol–water partition coefficient (Wildman–Crippen LogP) is 3.75. The van der Waals surface area contributed by atoms with Crippen LogP contribution in [-0.4, -0.2) is 10.9 Å². The van der Waals surface area contributed by atoms with Crippen LogP contribution in [-0.2, 0) is 0 Å². The SMILES string of the molecule is Cc1ncccc1C(=O)Nc1c(N)cc(Br)cc1Br. The molecule has 0 aliphatic heterocycles. The van der Waals surface area contributed by atoms with Crippen LogP contribution in [0.1, 0.15) is 16.1 Å². The summed E-state index contributed by atoms with van der Waals surface area (Å²) in [5, 5.41) is 2.79. The van der Waals surface area contributed by atoms with Gasteiger partial charge >= 0.3 is 0 Å². The fraction of sp³-hybridized carbons (Fsp3) is 0.0769. The molecular weight excluding hydrogens is 374 g/mol. The molecule has 0 saturated carbocycles. The summed E-state index contributed by atoms with van der Waals surface area (Å²) in [5.41, 5.74) is 8.13. The van der Waals surface area contributed by atoms with Crippen molar-refractivity contribution in [2.24, 2.45) is 0 Å². The molecule has 1 heterocycles. The van der Waals surface area contributed by atoms with Gasteiger partial charge in [-0.15, -0.1) is 0 Å². The number of amides is 1. The minimum Gasteiger partial charge on any atom is -0.397 e. The third kappa shape index (κ3) is 3.13. The summed E-state index contributed by atoms with van der Waals surface area (Å²) in [4.78, 5) is 16.3. The van der Waals surface area contributed by atoms with Gasteiger partial charge in [-0.1, -0.05) is 15.9 Å². The highest BCUT2D eigenvalue weighted by atomic mass is 79.9. The van der Waals surface area contributed by atoms with E-state index in [1.807, 2.05) is 6.07 Å². The number of rotatable bonds is 2. The van der Waals surface area contributed by atoms with Gasteiger partial charge in [0.05, 0.1) is 16.9 Å². The molecule has 2 aromatic rings. The van der Waals surface area contributed by atoms with Gasteiger partial charge in [0.15, 0.2) is 0 Å². The molecule has 1 aromatic carbocycles. The molecule has 19 heavy (non-hydrogen) atoms. The number of aromatic nitrogens is 1. The van der Waals surface area contributed by atoms with E-state index in [1.54, 1.807) is 31.3 Å². The predicted molar refractivity (Wildman–Crippen MR) is 83.2 cm³/mol. The molecule has 98 valence electrons. The van der Waals surface area contributed by atoms with E-state index >= 15 is 0 Å². The number of nitrogens with two attached hydrogens (primary N) is 1. The second-order valence-corrected chi connectivity index (χ2v) is 5.71. The van der Waals surface area contributed by atoms with E-state index in [1.165, 1.54) is 0 Å². The van der Waals surface area contributed by atoms with Crippen molar-refractivity contribution in [1.29, 1.82) is 0 Å². The lowest BCUT2D eigenvalue weighted by atomic mass is 10.2. The molecule has 2 rings (SSSR count). The van der Waals surface area contributed by atoms with Gasteiger partial charge in [-0.25, -0.2) is 0 Å². The van der Waals surface area contributed by atoms with E-state index in [4.69, 9.17) is 5.73 Å². The van der Waals surface area contributed by atoms with E-state index in [0.29, 0.717) is 27.1 Å². The van der Waals surface area contributed by atoms with Crippen molar-refractivity contribution in [3.05, 3.63) is 50.7 Å². The highest BCUT2D eigenvalue weighted by molar-refractivity contribution is 9.11. The first-order valence-corrected chi connectivity index (χ1v) is 7.05. The van der Waals surface area contributed by atoms with E-state index in [9.17, 15) is 4.79 Å². The number of anilines is 2. The topological polar surface area (TPSA) is 68.0 Å². The Kier molecular flexibility index (Phi) is 4.21. The molecule has 0 bridgehead atoms. The van der Waals surface area contributed by atoms with Gasteiger partial charge in [0.25, 0.3) is 5.91 Å². The molecule has 0 spiro atoms. The Hall–Kier alpha value is -1.40. The average molecular weight is 385 g/mol. The van der Waals surface area contributed by atoms with Crippen LogP contribution < -0.4 is 11.1 Å². The molecule has 0 aliphatic carbocycles. The fourth-order valence-corrected chi connectivity index (χ4v) is 2.99. The van der Waals surface area contributed by atoms with Crippen molar-refractivity contribution in [2.75, 3.05) is 11.1 Å². The van der Waals surface area contributed by atoms with Crippen LogP contribution >= 0.6 is 31.9 Å². The van der Waals surface area contributed by atoms with Gasteiger partial charge in [-0.2, -0.15) is 0 Å². The maximum atomic E-state index is 12.2. The summed E-state index contributed by atoms with van der Waals surface area (Å²) in [5.74, 6) is -0.236. The number of nitrogen functional groups attached to an aromatic ring is 1. The molecule has 6 heteroatoms. The summed E-state index contributed by atoms with van der Waals surface area (Å²) < 4.78 is 1.56. The average Bonchev–Trinajstić information content (AvgIpc) is 2.34. The molecule has 1 amide bonds. The Morgan fingerprint density at radius 2 is 2.11 bits per heavy atom. The summed E-state index contributed by atoms with van der Waals surface area (Å²) >= 11 is 6.71. The number of benzene rings is 1. The third-order valence-corrected chi connectivity index (χ3v) is 3.66. The summed E-state index contributed by atoms with van der Waals surface area (Å²) in [7, 11) is 0. The van der Waals surface area contributed by atoms with Gasteiger partial charge in [-0.3, -0.25) is 9.78 Å².